The molecule has 202 valence electrons. The lowest BCUT2D eigenvalue weighted by Gasteiger charge is -2.35. The minimum Gasteiger partial charge on any atom is -0.481 e. The number of ether oxygens (including phenoxy) is 2. The van der Waals surface area contributed by atoms with Gasteiger partial charge in [-0.2, -0.15) is 0 Å². The maximum atomic E-state index is 13.4. The highest BCUT2D eigenvalue weighted by Crippen LogP contribution is 2.45. The van der Waals surface area contributed by atoms with Crippen molar-refractivity contribution >= 4 is 11.9 Å². The summed E-state index contributed by atoms with van der Waals surface area (Å²) in [4.78, 5) is 30.1. The Labute approximate surface area is 215 Å². The first kappa shape index (κ1) is 28.3. The van der Waals surface area contributed by atoms with Gasteiger partial charge in [-0.05, 0) is 48.8 Å². The van der Waals surface area contributed by atoms with Crippen LogP contribution in [0.25, 0.3) is 0 Å². The SMILES string of the molecule is CCCCN(CCCO)C(=O)CN1CC(c2ccc3c(c2)OCO3)C(C(=O)O)C1CC(C)(C)CCC. The van der Waals surface area contributed by atoms with Crippen molar-refractivity contribution < 1.29 is 29.3 Å². The van der Waals surface area contributed by atoms with Crippen molar-refractivity contribution in [3.63, 3.8) is 0 Å². The van der Waals surface area contributed by atoms with E-state index in [2.05, 4.69) is 32.6 Å². The molecule has 2 heterocycles. The zero-order valence-corrected chi connectivity index (χ0v) is 22.4. The highest BCUT2D eigenvalue weighted by Gasteiger charge is 2.48. The number of aliphatic carboxylic acids is 1. The molecule has 0 aromatic heterocycles. The van der Waals surface area contributed by atoms with Gasteiger partial charge >= 0.3 is 5.97 Å². The van der Waals surface area contributed by atoms with Crippen LogP contribution in [-0.4, -0.2) is 77.5 Å². The molecule has 2 aliphatic heterocycles. The second-order valence-electron chi connectivity index (χ2n) is 11.0. The molecule has 3 unspecified atom stereocenters. The van der Waals surface area contributed by atoms with Gasteiger partial charge in [0.2, 0.25) is 12.7 Å². The zero-order valence-electron chi connectivity index (χ0n) is 22.4. The van der Waals surface area contributed by atoms with Gasteiger partial charge in [0, 0.05) is 38.2 Å². The average molecular weight is 505 g/mol. The fourth-order valence-electron chi connectivity index (χ4n) is 5.82. The molecule has 0 spiro atoms. The summed E-state index contributed by atoms with van der Waals surface area (Å²) in [6.07, 6.45) is 5.15. The van der Waals surface area contributed by atoms with Gasteiger partial charge < -0.3 is 24.6 Å². The van der Waals surface area contributed by atoms with Crippen LogP contribution >= 0.6 is 0 Å². The summed E-state index contributed by atoms with van der Waals surface area (Å²) in [5, 5.41) is 19.7. The molecule has 36 heavy (non-hydrogen) atoms. The molecule has 2 aliphatic rings. The number of nitrogens with zero attached hydrogens (tertiary/aromatic N) is 2. The summed E-state index contributed by atoms with van der Waals surface area (Å²) in [5.74, 6) is -0.390. The van der Waals surface area contributed by atoms with Gasteiger partial charge in [-0.3, -0.25) is 14.5 Å². The van der Waals surface area contributed by atoms with E-state index >= 15 is 0 Å². The maximum absolute atomic E-state index is 13.4. The molecule has 1 aromatic rings. The number of aliphatic hydroxyl groups is 1. The van der Waals surface area contributed by atoms with Crippen LogP contribution in [0.5, 0.6) is 11.5 Å². The lowest BCUT2D eigenvalue weighted by atomic mass is 9.76. The fraction of sp³-hybridized carbons (Fsp3) is 0.714. The number of carbonyl (C=O) groups is 2. The van der Waals surface area contributed by atoms with Crippen molar-refractivity contribution in [2.45, 2.75) is 78.2 Å². The molecule has 1 saturated heterocycles. The smallest absolute Gasteiger partial charge is 0.308 e. The number of carboxylic acids is 1. The van der Waals surface area contributed by atoms with Gasteiger partial charge in [-0.15, -0.1) is 0 Å². The van der Waals surface area contributed by atoms with Gasteiger partial charge in [0.1, 0.15) is 0 Å². The van der Waals surface area contributed by atoms with Gasteiger partial charge in [-0.25, -0.2) is 0 Å². The zero-order chi connectivity index (χ0) is 26.3. The van der Waals surface area contributed by atoms with Crippen molar-refractivity contribution in [1.29, 1.82) is 0 Å². The molecule has 2 N–H and O–H groups in total. The number of rotatable bonds is 14. The van der Waals surface area contributed by atoms with Gasteiger partial charge in [-0.1, -0.05) is 46.6 Å². The summed E-state index contributed by atoms with van der Waals surface area (Å²) in [7, 11) is 0. The first-order chi connectivity index (χ1) is 17.2. The van der Waals surface area contributed by atoms with Crippen molar-refractivity contribution in [2.75, 3.05) is 39.6 Å². The molecule has 0 bridgehead atoms. The highest BCUT2D eigenvalue weighted by atomic mass is 16.7. The molecule has 8 nitrogen and oxygen atoms in total. The van der Waals surface area contributed by atoms with Crippen LogP contribution in [-0.2, 0) is 9.59 Å². The number of hydrogen-bond acceptors (Lipinski definition) is 6. The number of amides is 1. The van der Waals surface area contributed by atoms with E-state index in [0.717, 1.165) is 31.2 Å². The predicted molar refractivity (Wildman–Crippen MR) is 138 cm³/mol. The summed E-state index contributed by atoms with van der Waals surface area (Å²) >= 11 is 0. The topological polar surface area (TPSA) is 99.5 Å². The van der Waals surface area contributed by atoms with Crippen molar-refractivity contribution in [3.8, 4) is 11.5 Å². The number of unbranched alkanes of at least 4 members (excludes halogenated alkanes) is 1. The molecular weight excluding hydrogens is 460 g/mol. The van der Waals surface area contributed by atoms with E-state index in [1.165, 1.54) is 0 Å². The Balaban J connectivity index is 1.90. The first-order valence-electron chi connectivity index (χ1n) is 13.5. The van der Waals surface area contributed by atoms with Crippen LogP contribution in [0.15, 0.2) is 18.2 Å². The Kier molecular flexibility index (Phi) is 10.0. The molecular formula is C28H44N2O6. The predicted octanol–water partition coefficient (Wildman–Crippen LogP) is 4.11. The normalized spacial score (nSPS) is 21.6. The van der Waals surface area contributed by atoms with Crippen LogP contribution in [0, 0.1) is 11.3 Å². The average Bonchev–Trinajstić information content (AvgIpc) is 3.43. The Morgan fingerprint density at radius 2 is 1.83 bits per heavy atom. The fourth-order valence-corrected chi connectivity index (χ4v) is 5.82. The molecule has 3 atom stereocenters. The maximum Gasteiger partial charge on any atom is 0.308 e. The number of carboxylic acid groups (broad SMARTS) is 1. The van der Waals surface area contributed by atoms with Crippen molar-refractivity contribution in [1.82, 2.24) is 9.80 Å². The second-order valence-corrected chi connectivity index (χ2v) is 11.0. The van der Waals surface area contributed by atoms with Crippen LogP contribution in [0.2, 0.25) is 0 Å². The Bertz CT molecular complexity index is 881. The molecule has 1 aromatic carbocycles. The molecule has 1 amide bonds. The Morgan fingerprint density at radius 1 is 1.11 bits per heavy atom. The second kappa shape index (κ2) is 12.8. The van der Waals surface area contributed by atoms with E-state index in [9.17, 15) is 19.8 Å². The van der Waals surface area contributed by atoms with Crippen molar-refractivity contribution in [3.05, 3.63) is 23.8 Å². The lowest BCUT2D eigenvalue weighted by molar-refractivity contribution is -0.144. The van der Waals surface area contributed by atoms with Crippen LogP contribution in [0.1, 0.15) is 77.7 Å². The number of carbonyl (C=O) groups excluding carboxylic acids is 1. The minimum atomic E-state index is -0.826. The van der Waals surface area contributed by atoms with Crippen LogP contribution in [0.3, 0.4) is 0 Å². The number of hydrogen-bond donors (Lipinski definition) is 2. The van der Waals surface area contributed by atoms with Crippen LogP contribution in [0.4, 0.5) is 0 Å². The van der Waals surface area contributed by atoms with E-state index in [0.29, 0.717) is 44.0 Å². The van der Waals surface area contributed by atoms with E-state index in [4.69, 9.17) is 9.47 Å². The number of aliphatic hydroxyl groups excluding tert-OH is 1. The minimum absolute atomic E-state index is 0.00525. The first-order valence-corrected chi connectivity index (χ1v) is 13.5. The van der Waals surface area contributed by atoms with E-state index in [1.807, 2.05) is 23.1 Å². The summed E-state index contributed by atoms with van der Waals surface area (Å²) in [5.41, 5.74) is 0.861. The summed E-state index contributed by atoms with van der Waals surface area (Å²) in [6, 6.07) is 5.43. The Morgan fingerprint density at radius 3 is 2.50 bits per heavy atom. The largest absolute Gasteiger partial charge is 0.481 e. The standard InChI is InChI=1S/C28H44N2O6/c1-5-7-12-29(13-8-14-31)25(32)18-30-17-21(20-9-10-23-24(15-20)36-19-35-23)26(27(33)34)22(30)16-28(3,4)11-6-2/h9-10,15,21-22,26,31H,5-8,11-14,16-19H2,1-4H3,(H,33,34). The van der Waals surface area contributed by atoms with Gasteiger partial charge in [0.25, 0.3) is 0 Å². The van der Waals surface area contributed by atoms with Gasteiger partial charge in [0.15, 0.2) is 11.5 Å². The molecule has 0 radical (unpaired) electrons. The van der Waals surface area contributed by atoms with E-state index in [1.54, 1.807) is 0 Å². The number of benzene rings is 1. The number of likely N-dealkylation sites (tertiary alicyclic amines) is 1. The van der Waals surface area contributed by atoms with Crippen molar-refractivity contribution in [2.24, 2.45) is 11.3 Å². The molecule has 0 saturated carbocycles. The van der Waals surface area contributed by atoms with Crippen LogP contribution < -0.4 is 9.47 Å². The van der Waals surface area contributed by atoms with E-state index in [-0.39, 0.29) is 43.2 Å². The summed E-state index contributed by atoms with van der Waals surface area (Å²) < 4.78 is 11.0. The molecule has 0 aliphatic carbocycles. The molecule has 1 fully saturated rings. The van der Waals surface area contributed by atoms with Gasteiger partial charge in [0.05, 0.1) is 12.5 Å². The molecule has 8 heteroatoms. The third kappa shape index (κ3) is 6.91. The monoisotopic (exact) mass is 504 g/mol. The quantitative estimate of drug-likeness (QED) is 0.393. The third-order valence-corrected chi connectivity index (χ3v) is 7.61. The third-order valence-electron chi connectivity index (χ3n) is 7.61. The summed E-state index contributed by atoms with van der Waals surface area (Å²) in [6.45, 7) is 10.7. The Hall–Kier alpha value is -2.32. The number of fused-ring (bicyclic) bond motifs is 1. The van der Waals surface area contributed by atoms with E-state index < -0.39 is 11.9 Å². The lowest BCUT2D eigenvalue weighted by Crippen LogP contribution is -2.46. The highest BCUT2D eigenvalue weighted by molar-refractivity contribution is 5.79. The molecule has 3 rings (SSSR count).